The molecule has 26 heavy (non-hydrogen) atoms. The smallest absolute Gasteiger partial charge is 0.228 e. The number of amides is 2. The summed E-state index contributed by atoms with van der Waals surface area (Å²) in [7, 11) is 0. The molecule has 0 saturated carbocycles. The van der Waals surface area contributed by atoms with Crippen LogP contribution in [0.1, 0.15) is 43.0 Å². The van der Waals surface area contributed by atoms with E-state index in [2.05, 4.69) is 4.98 Å². The van der Waals surface area contributed by atoms with Crippen LogP contribution in [0.25, 0.3) is 0 Å². The fraction of sp³-hybridized carbons (Fsp3) is 0.450. The average molecular weight is 353 g/mol. The Balaban J connectivity index is 1.46. The number of rotatable bonds is 4. The van der Waals surface area contributed by atoms with Crippen LogP contribution in [0.5, 0.6) is 0 Å². The van der Waals surface area contributed by atoms with E-state index in [4.69, 9.17) is 4.42 Å². The molecule has 0 aliphatic carbocycles. The van der Waals surface area contributed by atoms with Crippen LogP contribution in [0, 0.1) is 5.92 Å². The van der Waals surface area contributed by atoms with E-state index < -0.39 is 0 Å². The van der Waals surface area contributed by atoms with E-state index in [1.165, 1.54) is 0 Å². The normalized spacial score (nSPS) is 23.5. The van der Waals surface area contributed by atoms with Crippen molar-refractivity contribution in [2.45, 2.75) is 38.3 Å². The third-order valence-electron chi connectivity index (χ3n) is 5.35. The van der Waals surface area contributed by atoms with Crippen molar-refractivity contribution in [1.29, 1.82) is 0 Å². The molecular weight excluding hydrogens is 330 g/mol. The Hall–Kier alpha value is -2.63. The van der Waals surface area contributed by atoms with E-state index in [-0.39, 0.29) is 30.2 Å². The molecule has 0 bridgehead atoms. The molecule has 2 amide bonds. The number of carbonyl (C=O) groups excluding carboxylic acids is 2. The average Bonchev–Trinajstić information content (AvgIpc) is 3.32. The lowest BCUT2D eigenvalue weighted by Gasteiger charge is -2.37. The summed E-state index contributed by atoms with van der Waals surface area (Å²) >= 11 is 0. The molecule has 2 atom stereocenters. The number of nitrogens with zero attached hydrogens (tertiary/aromatic N) is 3. The van der Waals surface area contributed by atoms with Gasteiger partial charge in [-0.05, 0) is 43.0 Å². The predicted octanol–water partition coefficient (Wildman–Crippen LogP) is 2.78. The predicted molar refractivity (Wildman–Crippen MR) is 94.8 cm³/mol. The summed E-state index contributed by atoms with van der Waals surface area (Å²) in [5.41, 5.74) is 1.08. The van der Waals surface area contributed by atoms with Gasteiger partial charge in [0.05, 0.1) is 24.8 Å². The largest absolute Gasteiger partial charge is 0.467 e. The molecule has 2 aromatic heterocycles. The first-order chi connectivity index (χ1) is 12.7. The summed E-state index contributed by atoms with van der Waals surface area (Å²) in [6.07, 6.45) is 8.56. The van der Waals surface area contributed by atoms with Gasteiger partial charge in [-0.3, -0.25) is 14.6 Å². The van der Waals surface area contributed by atoms with Gasteiger partial charge >= 0.3 is 0 Å². The summed E-state index contributed by atoms with van der Waals surface area (Å²) in [6.45, 7) is 1.65. The highest BCUT2D eigenvalue weighted by Crippen LogP contribution is 2.33. The zero-order valence-electron chi connectivity index (χ0n) is 14.7. The van der Waals surface area contributed by atoms with Crippen LogP contribution < -0.4 is 0 Å². The molecule has 2 saturated heterocycles. The first-order valence-corrected chi connectivity index (χ1v) is 9.23. The SMILES string of the molecule is O=C1C[C@@H](C(=O)N2CCCC[C@@H]2c2cccnc2)CN1Cc1ccco1. The molecule has 6 nitrogen and oxygen atoms in total. The van der Waals surface area contributed by atoms with Gasteiger partial charge in [0.25, 0.3) is 0 Å². The van der Waals surface area contributed by atoms with Gasteiger partial charge in [0, 0.05) is 31.9 Å². The van der Waals surface area contributed by atoms with Crippen molar-refractivity contribution in [1.82, 2.24) is 14.8 Å². The number of pyridine rings is 1. The fourth-order valence-corrected chi connectivity index (χ4v) is 4.03. The summed E-state index contributed by atoms with van der Waals surface area (Å²) in [4.78, 5) is 33.4. The molecule has 2 aliphatic heterocycles. The maximum atomic E-state index is 13.2. The lowest BCUT2D eigenvalue weighted by molar-refractivity contribution is -0.139. The van der Waals surface area contributed by atoms with Gasteiger partial charge in [-0.1, -0.05) is 6.07 Å². The number of hydrogen-bond acceptors (Lipinski definition) is 4. The van der Waals surface area contributed by atoms with Gasteiger partial charge in [-0.25, -0.2) is 0 Å². The summed E-state index contributed by atoms with van der Waals surface area (Å²) in [5.74, 6) is 0.593. The maximum Gasteiger partial charge on any atom is 0.228 e. The van der Waals surface area contributed by atoms with Crippen LogP contribution in [0.2, 0.25) is 0 Å². The molecular formula is C20H23N3O3. The van der Waals surface area contributed by atoms with Gasteiger partial charge in [0.1, 0.15) is 5.76 Å². The van der Waals surface area contributed by atoms with Gasteiger partial charge in [0.2, 0.25) is 11.8 Å². The minimum absolute atomic E-state index is 0.0229. The summed E-state index contributed by atoms with van der Waals surface area (Å²) < 4.78 is 5.33. The molecule has 0 unspecified atom stereocenters. The summed E-state index contributed by atoms with van der Waals surface area (Å²) in [5, 5.41) is 0. The molecule has 6 heteroatoms. The van der Waals surface area contributed by atoms with Crippen molar-refractivity contribution in [3.63, 3.8) is 0 Å². The molecule has 0 spiro atoms. The van der Waals surface area contributed by atoms with Crippen molar-refractivity contribution in [3.8, 4) is 0 Å². The highest BCUT2D eigenvalue weighted by molar-refractivity contribution is 5.89. The van der Waals surface area contributed by atoms with Crippen molar-refractivity contribution in [2.24, 2.45) is 5.92 Å². The first-order valence-electron chi connectivity index (χ1n) is 9.23. The van der Waals surface area contributed by atoms with Gasteiger partial charge in [0.15, 0.2) is 0 Å². The molecule has 136 valence electrons. The number of furan rings is 1. The van der Waals surface area contributed by atoms with Gasteiger partial charge < -0.3 is 14.2 Å². The Labute approximate surface area is 152 Å². The number of carbonyl (C=O) groups is 2. The topological polar surface area (TPSA) is 66.7 Å². The van der Waals surface area contributed by atoms with Crippen molar-refractivity contribution in [3.05, 3.63) is 54.2 Å². The number of likely N-dealkylation sites (tertiary alicyclic amines) is 2. The second-order valence-corrected chi connectivity index (χ2v) is 7.08. The second kappa shape index (κ2) is 7.32. The fourth-order valence-electron chi connectivity index (χ4n) is 4.03. The zero-order chi connectivity index (χ0) is 17.9. The number of aromatic nitrogens is 1. The Morgan fingerprint density at radius 2 is 2.19 bits per heavy atom. The number of hydrogen-bond donors (Lipinski definition) is 0. The minimum atomic E-state index is -0.269. The lowest BCUT2D eigenvalue weighted by atomic mass is 9.94. The standard InChI is InChI=1S/C20H23N3O3/c24-19-11-16(13-22(19)14-17-6-4-10-26-17)20(25)23-9-2-1-7-18(23)15-5-3-8-21-12-15/h3-6,8,10,12,16,18H,1-2,7,9,11,13-14H2/t16-,18-/m1/s1. The zero-order valence-corrected chi connectivity index (χ0v) is 14.7. The van der Waals surface area contributed by atoms with Gasteiger partial charge in [-0.2, -0.15) is 0 Å². The van der Waals surface area contributed by atoms with Crippen LogP contribution in [-0.2, 0) is 16.1 Å². The van der Waals surface area contributed by atoms with Crippen LogP contribution in [0.15, 0.2) is 47.3 Å². The van der Waals surface area contributed by atoms with Crippen molar-refractivity contribution < 1.29 is 14.0 Å². The molecule has 0 N–H and O–H groups in total. The third kappa shape index (κ3) is 3.36. The van der Waals surface area contributed by atoms with E-state index in [0.29, 0.717) is 13.1 Å². The quantitative estimate of drug-likeness (QED) is 0.848. The Morgan fingerprint density at radius 3 is 2.96 bits per heavy atom. The molecule has 2 fully saturated rings. The third-order valence-corrected chi connectivity index (χ3v) is 5.35. The van der Waals surface area contributed by atoms with Crippen molar-refractivity contribution >= 4 is 11.8 Å². The monoisotopic (exact) mass is 353 g/mol. The Bertz CT molecular complexity index is 760. The first kappa shape index (κ1) is 16.8. The van der Waals surface area contributed by atoms with Crippen LogP contribution >= 0.6 is 0 Å². The van der Waals surface area contributed by atoms with Crippen molar-refractivity contribution in [2.75, 3.05) is 13.1 Å². The molecule has 4 rings (SSSR count). The van der Waals surface area contributed by atoms with E-state index in [1.807, 2.05) is 35.4 Å². The lowest BCUT2D eigenvalue weighted by Crippen LogP contribution is -2.42. The Morgan fingerprint density at radius 1 is 1.27 bits per heavy atom. The minimum Gasteiger partial charge on any atom is -0.467 e. The van der Waals surface area contributed by atoms with Gasteiger partial charge in [-0.15, -0.1) is 0 Å². The van der Waals surface area contributed by atoms with Crippen LogP contribution in [0.3, 0.4) is 0 Å². The highest BCUT2D eigenvalue weighted by Gasteiger charge is 2.39. The van der Waals surface area contributed by atoms with E-state index in [0.717, 1.165) is 37.1 Å². The van der Waals surface area contributed by atoms with E-state index >= 15 is 0 Å². The Kier molecular flexibility index (Phi) is 4.73. The summed E-state index contributed by atoms with van der Waals surface area (Å²) in [6, 6.07) is 7.68. The molecule has 0 radical (unpaired) electrons. The number of piperidine rings is 1. The van der Waals surface area contributed by atoms with E-state index in [1.54, 1.807) is 17.4 Å². The molecule has 2 aromatic rings. The van der Waals surface area contributed by atoms with Crippen LogP contribution in [-0.4, -0.2) is 39.7 Å². The van der Waals surface area contributed by atoms with Crippen LogP contribution in [0.4, 0.5) is 0 Å². The highest BCUT2D eigenvalue weighted by atomic mass is 16.3. The molecule has 0 aromatic carbocycles. The second-order valence-electron chi connectivity index (χ2n) is 7.08. The molecule has 4 heterocycles. The maximum absolute atomic E-state index is 13.2. The molecule has 2 aliphatic rings. The van der Waals surface area contributed by atoms with E-state index in [9.17, 15) is 9.59 Å².